The minimum Gasteiger partial charge on any atom is -0.295 e. The zero-order valence-electron chi connectivity index (χ0n) is 10.4. The molecule has 1 aliphatic heterocycles. The summed E-state index contributed by atoms with van der Waals surface area (Å²) in [6.45, 7) is 11.3. The maximum absolute atomic E-state index is 11.6. The van der Waals surface area contributed by atoms with Gasteiger partial charge in [0.15, 0.2) is 9.84 Å². The van der Waals surface area contributed by atoms with E-state index < -0.39 is 9.84 Å². The van der Waals surface area contributed by atoms with Crippen molar-refractivity contribution in [2.24, 2.45) is 5.41 Å². The van der Waals surface area contributed by atoms with Gasteiger partial charge in [0.1, 0.15) is 0 Å². The van der Waals surface area contributed by atoms with Crippen LogP contribution in [0, 0.1) is 5.41 Å². The van der Waals surface area contributed by atoms with Gasteiger partial charge in [-0.3, -0.25) is 4.90 Å². The van der Waals surface area contributed by atoms with E-state index in [-0.39, 0.29) is 11.5 Å². The second-order valence-electron chi connectivity index (χ2n) is 5.83. The van der Waals surface area contributed by atoms with E-state index in [4.69, 9.17) is 0 Å². The van der Waals surface area contributed by atoms with Gasteiger partial charge in [0, 0.05) is 18.6 Å². The van der Waals surface area contributed by atoms with Crippen LogP contribution in [0.15, 0.2) is 0 Å². The van der Waals surface area contributed by atoms with E-state index >= 15 is 0 Å². The van der Waals surface area contributed by atoms with Gasteiger partial charge in [-0.1, -0.05) is 20.8 Å². The van der Waals surface area contributed by atoms with Crippen molar-refractivity contribution in [3.63, 3.8) is 0 Å². The normalized spacial score (nSPS) is 28.3. The minimum atomic E-state index is -2.82. The molecule has 0 aliphatic carbocycles. The molecular weight excluding hydrogens is 210 g/mol. The van der Waals surface area contributed by atoms with Crippen LogP contribution in [0.3, 0.4) is 0 Å². The lowest BCUT2D eigenvalue weighted by atomic mass is 9.86. The van der Waals surface area contributed by atoms with Crippen molar-refractivity contribution in [1.29, 1.82) is 0 Å². The molecule has 1 heterocycles. The van der Waals surface area contributed by atoms with Crippen LogP contribution in [0.4, 0.5) is 0 Å². The van der Waals surface area contributed by atoms with E-state index in [1.807, 2.05) is 0 Å². The van der Waals surface area contributed by atoms with Gasteiger partial charge in [0.05, 0.1) is 11.5 Å². The van der Waals surface area contributed by atoms with Gasteiger partial charge >= 0.3 is 0 Å². The predicted octanol–water partition coefficient (Wildman–Crippen LogP) is 1.54. The Balaban J connectivity index is 2.93. The van der Waals surface area contributed by atoms with Crippen LogP contribution in [-0.2, 0) is 9.84 Å². The first-order valence-electron chi connectivity index (χ1n) is 5.59. The summed E-state index contributed by atoms with van der Waals surface area (Å²) in [6, 6.07) is 0.570. The molecule has 15 heavy (non-hydrogen) atoms. The fourth-order valence-electron chi connectivity index (χ4n) is 2.19. The average molecular weight is 233 g/mol. The highest BCUT2D eigenvalue weighted by molar-refractivity contribution is 7.91. The van der Waals surface area contributed by atoms with Crippen molar-refractivity contribution in [2.75, 3.05) is 18.1 Å². The van der Waals surface area contributed by atoms with E-state index in [0.717, 1.165) is 0 Å². The third kappa shape index (κ3) is 3.18. The second-order valence-corrected chi connectivity index (χ2v) is 8.06. The molecule has 0 spiro atoms. The molecule has 0 aromatic carbocycles. The SMILES string of the molecule is CC(C)N1CCS(=O)(=O)CC1C(C)(C)C. The van der Waals surface area contributed by atoms with Crippen LogP contribution in [0.1, 0.15) is 34.6 Å². The second kappa shape index (κ2) is 4.06. The molecule has 0 bridgehead atoms. The molecule has 1 atom stereocenters. The third-order valence-corrected chi connectivity index (χ3v) is 4.76. The molecule has 3 nitrogen and oxygen atoms in total. The van der Waals surface area contributed by atoms with Crippen LogP contribution < -0.4 is 0 Å². The van der Waals surface area contributed by atoms with Gasteiger partial charge in [-0.15, -0.1) is 0 Å². The van der Waals surface area contributed by atoms with Crippen molar-refractivity contribution < 1.29 is 8.42 Å². The summed E-state index contributed by atoms with van der Waals surface area (Å²) in [5.41, 5.74) is 0.0256. The van der Waals surface area contributed by atoms with Gasteiger partial charge in [0.2, 0.25) is 0 Å². The largest absolute Gasteiger partial charge is 0.295 e. The number of hydrogen-bond donors (Lipinski definition) is 0. The Labute approximate surface area is 93.8 Å². The molecule has 0 radical (unpaired) electrons. The van der Waals surface area contributed by atoms with Crippen molar-refractivity contribution in [1.82, 2.24) is 4.90 Å². The monoisotopic (exact) mass is 233 g/mol. The van der Waals surface area contributed by atoms with Crippen LogP contribution in [0.5, 0.6) is 0 Å². The van der Waals surface area contributed by atoms with E-state index in [0.29, 0.717) is 24.1 Å². The van der Waals surface area contributed by atoms with Crippen LogP contribution >= 0.6 is 0 Å². The average Bonchev–Trinajstić information content (AvgIpc) is 2.00. The van der Waals surface area contributed by atoms with E-state index in [1.54, 1.807) is 0 Å². The Bertz CT molecular complexity index is 314. The zero-order valence-corrected chi connectivity index (χ0v) is 11.3. The summed E-state index contributed by atoms with van der Waals surface area (Å²) < 4.78 is 23.3. The fraction of sp³-hybridized carbons (Fsp3) is 1.00. The maximum Gasteiger partial charge on any atom is 0.153 e. The molecule has 0 saturated carbocycles. The molecule has 4 heteroatoms. The quantitative estimate of drug-likeness (QED) is 0.689. The van der Waals surface area contributed by atoms with Gasteiger partial charge in [-0.2, -0.15) is 0 Å². The van der Waals surface area contributed by atoms with Crippen LogP contribution in [-0.4, -0.2) is 43.5 Å². The lowest BCUT2D eigenvalue weighted by Crippen LogP contribution is -2.56. The summed E-state index contributed by atoms with van der Waals surface area (Å²) in [5, 5.41) is 0. The molecule has 1 aliphatic rings. The fourth-order valence-corrected chi connectivity index (χ4v) is 4.01. The molecule has 90 valence electrons. The molecule has 1 saturated heterocycles. The Kier molecular flexibility index (Phi) is 3.51. The standard InChI is InChI=1S/C11H23NO2S/c1-9(2)12-6-7-15(13,14)8-10(12)11(3,4)5/h9-10H,6-8H2,1-5H3. The van der Waals surface area contributed by atoms with Gasteiger partial charge in [-0.25, -0.2) is 8.42 Å². The molecule has 1 unspecified atom stereocenters. The minimum absolute atomic E-state index is 0.0256. The third-order valence-electron chi connectivity index (χ3n) is 3.14. The zero-order chi connectivity index (χ0) is 11.9. The lowest BCUT2D eigenvalue weighted by Gasteiger charge is -2.45. The Morgan fingerprint density at radius 3 is 2.20 bits per heavy atom. The number of rotatable bonds is 1. The maximum atomic E-state index is 11.6. The smallest absolute Gasteiger partial charge is 0.153 e. The highest BCUT2D eigenvalue weighted by Crippen LogP contribution is 2.29. The predicted molar refractivity (Wildman–Crippen MR) is 63.7 cm³/mol. The summed E-state index contributed by atoms with van der Waals surface area (Å²) in [5.74, 6) is 0.631. The van der Waals surface area contributed by atoms with Gasteiger partial charge in [0.25, 0.3) is 0 Å². The van der Waals surface area contributed by atoms with Crippen LogP contribution in [0.2, 0.25) is 0 Å². The van der Waals surface area contributed by atoms with Crippen LogP contribution in [0.25, 0.3) is 0 Å². The summed E-state index contributed by atoms with van der Waals surface area (Å²) in [4.78, 5) is 2.32. The molecular formula is C11H23NO2S. The lowest BCUT2D eigenvalue weighted by molar-refractivity contribution is 0.0857. The van der Waals surface area contributed by atoms with Gasteiger partial charge < -0.3 is 0 Å². The topological polar surface area (TPSA) is 37.4 Å². The van der Waals surface area contributed by atoms with E-state index in [2.05, 4.69) is 39.5 Å². The number of nitrogens with zero attached hydrogens (tertiary/aromatic N) is 1. The Morgan fingerprint density at radius 2 is 1.80 bits per heavy atom. The Hall–Kier alpha value is -0.0900. The molecule has 0 aromatic rings. The highest BCUT2D eigenvalue weighted by Gasteiger charge is 2.39. The molecule has 0 N–H and O–H groups in total. The first-order chi connectivity index (χ1) is 6.63. The molecule has 0 amide bonds. The molecule has 1 rings (SSSR count). The number of hydrogen-bond acceptors (Lipinski definition) is 3. The number of sulfone groups is 1. The van der Waals surface area contributed by atoms with Gasteiger partial charge in [-0.05, 0) is 19.3 Å². The summed E-state index contributed by atoms with van der Waals surface area (Å²) >= 11 is 0. The summed E-state index contributed by atoms with van der Waals surface area (Å²) in [7, 11) is -2.82. The van der Waals surface area contributed by atoms with E-state index in [9.17, 15) is 8.42 Å². The van der Waals surface area contributed by atoms with Crippen molar-refractivity contribution >= 4 is 9.84 Å². The Morgan fingerprint density at radius 1 is 1.27 bits per heavy atom. The van der Waals surface area contributed by atoms with Crippen molar-refractivity contribution in [3.8, 4) is 0 Å². The van der Waals surface area contributed by atoms with Crippen molar-refractivity contribution in [3.05, 3.63) is 0 Å². The van der Waals surface area contributed by atoms with E-state index in [1.165, 1.54) is 0 Å². The van der Waals surface area contributed by atoms with Crippen molar-refractivity contribution in [2.45, 2.75) is 46.7 Å². The molecule has 0 aromatic heterocycles. The first kappa shape index (κ1) is 13.0. The molecule has 1 fully saturated rings. The first-order valence-corrected chi connectivity index (χ1v) is 7.42. The summed E-state index contributed by atoms with van der Waals surface area (Å²) in [6.07, 6.45) is 0. The highest BCUT2D eigenvalue weighted by atomic mass is 32.2.